The first kappa shape index (κ1) is 18.0. The zero-order valence-electron chi connectivity index (χ0n) is 12.4. The van der Waals surface area contributed by atoms with Crippen molar-refractivity contribution in [2.45, 2.75) is 19.8 Å². The summed E-state index contributed by atoms with van der Waals surface area (Å²) in [7, 11) is 1.18. The Morgan fingerprint density at radius 3 is 2.68 bits per heavy atom. The van der Waals surface area contributed by atoms with Crippen LogP contribution in [0.2, 0.25) is 5.02 Å². The lowest BCUT2D eigenvalue weighted by Crippen LogP contribution is -2.16. The zero-order valence-corrected chi connectivity index (χ0v) is 13.1. The van der Waals surface area contributed by atoms with Gasteiger partial charge in [-0.25, -0.2) is 9.18 Å². The summed E-state index contributed by atoms with van der Waals surface area (Å²) >= 11 is 5.87. The van der Waals surface area contributed by atoms with Gasteiger partial charge in [-0.15, -0.1) is 0 Å². The van der Waals surface area contributed by atoms with Crippen molar-refractivity contribution in [2.75, 3.05) is 19.0 Å². The van der Waals surface area contributed by atoms with Gasteiger partial charge < -0.3 is 14.8 Å². The summed E-state index contributed by atoms with van der Waals surface area (Å²) in [6.45, 7) is 5.76. The Morgan fingerprint density at radius 2 is 2.09 bits per heavy atom. The topological polar surface area (TPSA) is 64.6 Å². The normalized spacial score (nSPS) is 10.0. The molecule has 1 aromatic carbocycles. The van der Waals surface area contributed by atoms with E-state index in [1.807, 2.05) is 6.92 Å². The van der Waals surface area contributed by atoms with Gasteiger partial charge in [0.2, 0.25) is 5.91 Å². The molecule has 7 heteroatoms. The minimum Gasteiger partial charge on any atom is -0.492 e. The van der Waals surface area contributed by atoms with Crippen molar-refractivity contribution in [3.63, 3.8) is 0 Å². The molecule has 0 bridgehead atoms. The maximum atomic E-state index is 13.8. The van der Waals surface area contributed by atoms with Crippen LogP contribution in [0.5, 0.6) is 5.75 Å². The minimum atomic E-state index is -0.703. The highest BCUT2D eigenvalue weighted by Crippen LogP contribution is 2.30. The number of methoxy groups -OCH3 is 1. The quantitative estimate of drug-likeness (QED) is 0.615. The number of hydrogen-bond acceptors (Lipinski definition) is 4. The second-order valence-corrected chi connectivity index (χ2v) is 4.84. The van der Waals surface area contributed by atoms with Gasteiger partial charge in [0.1, 0.15) is 11.6 Å². The molecule has 0 radical (unpaired) electrons. The summed E-state index contributed by atoms with van der Waals surface area (Å²) < 4.78 is 23.6. The Morgan fingerprint density at radius 1 is 1.41 bits per heavy atom. The average molecular weight is 330 g/mol. The molecular formula is C15H17ClFNO4. The van der Waals surface area contributed by atoms with Crippen LogP contribution in [0.25, 0.3) is 0 Å². The van der Waals surface area contributed by atoms with E-state index in [9.17, 15) is 14.0 Å². The molecule has 0 heterocycles. The third kappa shape index (κ3) is 5.04. The van der Waals surface area contributed by atoms with Gasteiger partial charge in [-0.2, -0.15) is 0 Å². The smallest absolute Gasteiger partial charge is 0.333 e. The summed E-state index contributed by atoms with van der Waals surface area (Å²) in [4.78, 5) is 23.0. The maximum Gasteiger partial charge on any atom is 0.333 e. The Balaban J connectivity index is 2.81. The summed E-state index contributed by atoms with van der Waals surface area (Å²) in [5, 5.41) is 2.46. The van der Waals surface area contributed by atoms with E-state index in [1.54, 1.807) is 0 Å². The van der Waals surface area contributed by atoms with E-state index in [0.717, 1.165) is 12.5 Å². The molecule has 22 heavy (non-hydrogen) atoms. The fourth-order valence-corrected chi connectivity index (χ4v) is 1.76. The maximum absolute atomic E-state index is 13.8. The molecule has 0 aromatic heterocycles. The number of rotatable bonds is 7. The van der Waals surface area contributed by atoms with Crippen molar-refractivity contribution in [3.8, 4) is 5.75 Å². The molecule has 0 fully saturated rings. The molecule has 0 saturated carbocycles. The number of esters is 1. The van der Waals surface area contributed by atoms with Crippen LogP contribution in [-0.2, 0) is 14.3 Å². The number of nitrogens with one attached hydrogen (secondary N) is 1. The third-order valence-electron chi connectivity index (χ3n) is 2.61. The van der Waals surface area contributed by atoms with Crippen molar-refractivity contribution < 1.29 is 23.5 Å². The number of carbonyl (C=O) groups is 2. The first-order chi connectivity index (χ1) is 10.4. The molecule has 1 rings (SSSR count). The lowest BCUT2D eigenvalue weighted by atomic mass is 10.2. The van der Waals surface area contributed by atoms with E-state index < -0.39 is 17.7 Å². The zero-order chi connectivity index (χ0) is 16.7. The van der Waals surface area contributed by atoms with E-state index >= 15 is 0 Å². The Kier molecular flexibility index (Phi) is 6.85. The Hall–Kier alpha value is -2.08. The molecule has 120 valence electrons. The van der Waals surface area contributed by atoms with Gasteiger partial charge in [-0.05, 0) is 12.5 Å². The van der Waals surface area contributed by atoms with Gasteiger partial charge in [0.05, 0.1) is 30.8 Å². The number of carbonyl (C=O) groups excluding carboxylic acids is 2. The van der Waals surface area contributed by atoms with Crippen LogP contribution in [-0.4, -0.2) is 25.6 Å². The molecule has 0 aliphatic carbocycles. The largest absolute Gasteiger partial charge is 0.492 e. The van der Waals surface area contributed by atoms with Gasteiger partial charge in [-0.1, -0.05) is 25.1 Å². The molecule has 0 aliphatic heterocycles. The van der Waals surface area contributed by atoms with Crippen molar-refractivity contribution >= 4 is 29.2 Å². The molecule has 1 amide bonds. The number of halogens is 2. The van der Waals surface area contributed by atoms with Gasteiger partial charge in [-0.3, -0.25) is 4.79 Å². The third-order valence-corrected chi connectivity index (χ3v) is 2.90. The Bertz CT molecular complexity index is 589. The number of anilines is 1. The molecule has 0 spiro atoms. The van der Waals surface area contributed by atoms with Crippen molar-refractivity contribution in [1.82, 2.24) is 0 Å². The average Bonchev–Trinajstić information content (AvgIpc) is 2.47. The SMILES string of the molecule is C=C(CC(=O)Nc1cc(OCCC)c(Cl)cc1F)C(=O)OC. The highest BCUT2D eigenvalue weighted by molar-refractivity contribution is 6.32. The predicted octanol–water partition coefficient (Wildman–Crippen LogP) is 3.33. The van der Waals surface area contributed by atoms with Gasteiger partial charge >= 0.3 is 5.97 Å². The molecule has 0 aliphatic rings. The van der Waals surface area contributed by atoms with Gasteiger partial charge in [0.25, 0.3) is 0 Å². The first-order valence-corrected chi connectivity index (χ1v) is 6.94. The molecule has 0 atom stereocenters. The Labute approximate surface area is 133 Å². The number of amides is 1. The van der Waals surface area contributed by atoms with E-state index in [1.165, 1.54) is 13.2 Å². The lowest BCUT2D eigenvalue weighted by Gasteiger charge is -2.11. The minimum absolute atomic E-state index is 0.0307. The van der Waals surface area contributed by atoms with Crippen molar-refractivity contribution in [2.24, 2.45) is 0 Å². The first-order valence-electron chi connectivity index (χ1n) is 6.56. The summed E-state index contributed by atoms with van der Waals surface area (Å²) in [5.41, 5.74) is -0.116. The number of ether oxygens (including phenoxy) is 2. The van der Waals surface area contributed by atoms with Gasteiger partial charge in [0, 0.05) is 11.6 Å². The summed E-state index contributed by atoms with van der Waals surface area (Å²) in [6.07, 6.45) is 0.453. The summed E-state index contributed by atoms with van der Waals surface area (Å²) in [5.74, 6) is -1.73. The van der Waals surface area contributed by atoms with E-state index in [-0.39, 0.29) is 28.5 Å². The monoisotopic (exact) mass is 329 g/mol. The fourth-order valence-electron chi connectivity index (χ4n) is 1.55. The van der Waals surface area contributed by atoms with Crippen LogP contribution in [0, 0.1) is 5.82 Å². The molecular weight excluding hydrogens is 313 g/mol. The van der Waals surface area contributed by atoms with Crippen LogP contribution in [0.3, 0.4) is 0 Å². The standard InChI is InChI=1S/C15H17ClFNO4/c1-4-5-22-13-8-12(11(17)7-10(13)16)18-14(19)6-9(2)15(20)21-3/h7-8H,2,4-6H2,1,3H3,(H,18,19). The van der Waals surface area contributed by atoms with Crippen molar-refractivity contribution in [1.29, 1.82) is 0 Å². The van der Waals surface area contributed by atoms with E-state index in [0.29, 0.717) is 6.61 Å². The van der Waals surface area contributed by atoms with Crippen molar-refractivity contribution in [3.05, 3.63) is 35.1 Å². The molecule has 5 nitrogen and oxygen atoms in total. The fraction of sp³-hybridized carbons (Fsp3) is 0.333. The molecule has 1 N–H and O–H groups in total. The van der Waals surface area contributed by atoms with Crippen LogP contribution in [0.1, 0.15) is 19.8 Å². The molecule has 1 aromatic rings. The van der Waals surface area contributed by atoms with E-state index in [4.69, 9.17) is 16.3 Å². The molecule has 0 unspecified atom stereocenters. The van der Waals surface area contributed by atoms with Crippen LogP contribution >= 0.6 is 11.6 Å². The lowest BCUT2D eigenvalue weighted by molar-refractivity contribution is -0.137. The predicted molar refractivity (Wildman–Crippen MR) is 81.6 cm³/mol. The highest BCUT2D eigenvalue weighted by atomic mass is 35.5. The van der Waals surface area contributed by atoms with Crippen LogP contribution < -0.4 is 10.1 Å². The molecule has 0 saturated heterocycles. The highest BCUT2D eigenvalue weighted by Gasteiger charge is 2.15. The summed E-state index contributed by atoms with van der Waals surface area (Å²) in [6, 6.07) is 2.35. The second kappa shape index (κ2) is 8.38. The second-order valence-electron chi connectivity index (χ2n) is 4.43. The number of benzene rings is 1. The van der Waals surface area contributed by atoms with E-state index in [2.05, 4.69) is 16.6 Å². The van der Waals surface area contributed by atoms with Crippen LogP contribution in [0.15, 0.2) is 24.3 Å². The number of hydrogen-bond donors (Lipinski definition) is 1. The van der Waals surface area contributed by atoms with Gasteiger partial charge in [0.15, 0.2) is 0 Å². The van der Waals surface area contributed by atoms with Crippen LogP contribution in [0.4, 0.5) is 10.1 Å².